The molecule has 0 aromatic carbocycles. The van der Waals surface area contributed by atoms with E-state index in [0.717, 1.165) is 24.0 Å². The van der Waals surface area contributed by atoms with Crippen molar-refractivity contribution in [1.29, 1.82) is 0 Å². The van der Waals surface area contributed by atoms with Crippen molar-refractivity contribution in [3.63, 3.8) is 0 Å². The first kappa shape index (κ1) is 37.3. The molecule has 0 aromatic rings. The Bertz CT molecular complexity index is 1220. The van der Waals surface area contributed by atoms with Crippen LogP contribution in [0.2, 0.25) is 0 Å². The van der Waals surface area contributed by atoms with Gasteiger partial charge in [-0.15, -0.1) is 0 Å². The Kier molecular flexibility index (Phi) is 21.0. The molecule has 0 heterocycles. The molecule has 0 unspecified atom stereocenters. The molecule has 0 amide bonds. The van der Waals surface area contributed by atoms with Crippen LogP contribution in [0.15, 0.2) is 154 Å². The van der Waals surface area contributed by atoms with Crippen LogP contribution in [-0.4, -0.2) is 5.78 Å². The zero-order chi connectivity index (χ0) is 31.0. The van der Waals surface area contributed by atoms with Crippen molar-refractivity contribution in [3.05, 3.63) is 154 Å². The van der Waals surface area contributed by atoms with Gasteiger partial charge in [-0.1, -0.05) is 148 Å². The minimum absolute atomic E-state index is 0.159. The molecule has 1 nitrogen and oxygen atoms in total. The van der Waals surface area contributed by atoms with Gasteiger partial charge in [-0.2, -0.15) is 0 Å². The van der Waals surface area contributed by atoms with Gasteiger partial charge in [0.05, 0.1) is 0 Å². The lowest BCUT2D eigenvalue weighted by Crippen LogP contribution is -1.97. The highest BCUT2D eigenvalue weighted by atomic mass is 16.1. The molecule has 0 fully saturated rings. The van der Waals surface area contributed by atoms with Crippen molar-refractivity contribution in [2.24, 2.45) is 0 Å². The number of Topliss-reactive ketones (excluding diaryl/α,β-unsaturated/α-hetero) is 1. The molecule has 0 spiro atoms. The van der Waals surface area contributed by atoms with Gasteiger partial charge in [-0.05, 0) is 87.7 Å². The first-order valence-corrected chi connectivity index (χ1v) is 14.6. The highest BCUT2D eigenvalue weighted by Gasteiger charge is 2.00. The molecule has 0 bridgehead atoms. The van der Waals surface area contributed by atoms with E-state index in [1.165, 1.54) is 33.4 Å². The Labute approximate surface area is 252 Å². The SMILES string of the molecule is CC(C)=CCC/C(C)=C/C=C/C(C)=C/C=C/C(C)=C/C=C/C=C(C)/C=C/C=C(C)/C=C/C=C(\C)C(=O)CC=C(C)C. The minimum Gasteiger partial charge on any atom is -0.294 e. The molecule has 0 aliphatic carbocycles. The lowest BCUT2D eigenvalue weighted by molar-refractivity contribution is -0.114. The van der Waals surface area contributed by atoms with Gasteiger partial charge in [0.15, 0.2) is 5.78 Å². The Hall–Kier alpha value is -3.71. The first-order chi connectivity index (χ1) is 19.4. The van der Waals surface area contributed by atoms with Crippen LogP contribution in [-0.2, 0) is 4.79 Å². The van der Waals surface area contributed by atoms with Crippen LogP contribution in [0, 0.1) is 0 Å². The molecule has 0 saturated heterocycles. The summed E-state index contributed by atoms with van der Waals surface area (Å²) < 4.78 is 0. The van der Waals surface area contributed by atoms with E-state index < -0.39 is 0 Å². The summed E-state index contributed by atoms with van der Waals surface area (Å²) >= 11 is 0. The monoisotopic (exact) mass is 550 g/mol. The number of carbonyl (C=O) groups excluding carboxylic acids is 1. The van der Waals surface area contributed by atoms with Gasteiger partial charge in [0.25, 0.3) is 0 Å². The van der Waals surface area contributed by atoms with E-state index >= 15 is 0 Å². The molecule has 0 N–H and O–H groups in total. The van der Waals surface area contributed by atoms with Crippen LogP contribution in [0.25, 0.3) is 0 Å². The quantitative estimate of drug-likeness (QED) is 0.106. The summed E-state index contributed by atoms with van der Waals surface area (Å²) in [7, 11) is 0. The smallest absolute Gasteiger partial charge is 0.162 e. The summed E-state index contributed by atoms with van der Waals surface area (Å²) in [5, 5.41) is 0. The van der Waals surface area contributed by atoms with Crippen LogP contribution in [0.3, 0.4) is 0 Å². The Balaban J connectivity index is 4.78. The van der Waals surface area contributed by atoms with Crippen LogP contribution in [0.4, 0.5) is 0 Å². The van der Waals surface area contributed by atoms with Crippen molar-refractivity contribution >= 4 is 5.78 Å². The zero-order valence-corrected chi connectivity index (χ0v) is 27.4. The number of carbonyl (C=O) groups is 1. The number of hydrogen-bond donors (Lipinski definition) is 0. The van der Waals surface area contributed by atoms with E-state index in [9.17, 15) is 4.79 Å². The average molecular weight is 551 g/mol. The first-order valence-electron chi connectivity index (χ1n) is 14.6. The Morgan fingerprint density at radius 2 is 0.854 bits per heavy atom. The normalized spacial score (nSPS) is 14.9. The van der Waals surface area contributed by atoms with Crippen molar-refractivity contribution in [2.45, 2.75) is 88.5 Å². The Morgan fingerprint density at radius 3 is 1.29 bits per heavy atom. The third-order valence-electron chi connectivity index (χ3n) is 5.94. The molecular formula is C40H54O. The maximum absolute atomic E-state index is 12.1. The van der Waals surface area contributed by atoms with Crippen molar-refractivity contribution in [1.82, 2.24) is 0 Å². The van der Waals surface area contributed by atoms with Gasteiger partial charge < -0.3 is 0 Å². The molecule has 0 saturated carbocycles. The summed E-state index contributed by atoms with van der Waals surface area (Å²) in [6.45, 7) is 20.7. The number of hydrogen-bond acceptors (Lipinski definition) is 1. The van der Waals surface area contributed by atoms with Gasteiger partial charge in [-0.3, -0.25) is 4.79 Å². The summed E-state index contributed by atoms with van der Waals surface area (Å²) in [6.07, 6.45) is 40.1. The predicted octanol–water partition coefficient (Wildman–Crippen LogP) is 12.1. The van der Waals surface area contributed by atoms with Gasteiger partial charge >= 0.3 is 0 Å². The number of rotatable bonds is 16. The predicted molar refractivity (Wildman–Crippen MR) is 186 cm³/mol. The largest absolute Gasteiger partial charge is 0.294 e. The highest BCUT2D eigenvalue weighted by molar-refractivity contribution is 5.96. The second kappa shape index (κ2) is 23.0. The maximum atomic E-state index is 12.1. The molecule has 0 aromatic heterocycles. The molecule has 0 rings (SSSR count). The molecule has 220 valence electrons. The molecule has 41 heavy (non-hydrogen) atoms. The van der Waals surface area contributed by atoms with Gasteiger partial charge in [0, 0.05) is 6.42 Å². The molecule has 0 atom stereocenters. The van der Waals surface area contributed by atoms with Gasteiger partial charge in [0.2, 0.25) is 0 Å². The van der Waals surface area contributed by atoms with E-state index in [2.05, 4.69) is 121 Å². The fourth-order valence-electron chi connectivity index (χ4n) is 3.27. The Morgan fingerprint density at radius 1 is 0.463 bits per heavy atom. The molecule has 1 heteroatoms. The zero-order valence-electron chi connectivity index (χ0n) is 27.4. The third kappa shape index (κ3) is 23.9. The van der Waals surface area contributed by atoms with Crippen molar-refractivity contribution < 1.29 is 4.79 Å². The summed E-state index contributed by atoms with van der Waals surface area (Å²) in [4.78, 5) is 12.1. The van der Waals surface area contributed by atoms with Crippen LogP contribution >= 0.6 is 0 Å². The minimum atomic E-state index is 0.159. The van der Waals surface area contributed by atoms with Crippen LogP contribution in [0.1, 0.15) is 88.5 Å². The average Bonchev–Trinajstić information content (AvgIpc) is 2.89. The lowest BCUT2D eigenvalue weighted by atomic mass is 10.1. The molecule has 0 aliphatic heterocycles. The molecule has 0 radical (unpaired) electrons. The van der Waals surface area contributed by atoms with Crippen LogP contribution in [0.5, 0.6) is 0 Å². The standard InChI is InChI=1S/C40H54O/c1-32(2)18-13-21-36(7)24-16-26-37(8)25-14-22-34(5)19-11-12-20-35(6)23-15-27-38(9)28-17-29-39(10)40(41)31-30-33(3)4/h11-12,14-20,22-30H,13,21,31H2,1-10H3/b12-11+,22-14+,23-15+,26-16+,28-17+,34-19+,35-20+,36-24+,37-25+,38-27+,39-29+. The van der Waals surface area contributed by atoms with E-state index in [4.69, 9.17) is 0 Å². The maximum Gasteiger partial charge on any atom is 0.162 e. The number of ketones is 1. The fraction of sp³-hybridized carbons (Fsp3) is 0.325. The molecule has 0 aliphatic rings. The molecular weight excluding hydrogens is 496 g/mol. The lowest BCUT2D eigenvalue weighted by Gasteiger charge is -1.96. The van der Waals surface area contributed by atoms with Crippen molar-refractivity contribution in [2.75, 3.05) is 0 Å². The topological polar surface area (TPSA) is 17.1 Å². The van der Waals surface area contributed by atoms with E-state index in [1.807, 2.05) is 58.1 Å². The number of allylic oxidation sites excluding steroid dienone is 26. The van der Waals surface area contributed by atoms with E-state index in [-0.39, 0.29) is 5.78 Å². The summed E-state index contributed by atoms with van der Waals surface area (Å²) in [5.41, 5.74) is 9.43. The summed E-state index contributed by atoms with van der Waals surface area (Å²) in [5.74, 6) is 0.159. The summed E-state index contributed by atoms with van der Waals surface area (Å²) in [6, 6.07) is 0. The third-order valence-corrected chi connectivity index (χ3v) is 5.94. The highest BCUT2D eigenvalue weighted by Crippen LogP contribution is 2.08. The second-order valence-electron chi connectivity index (χ2n) is 11.1. The van der Waals surface area contributed by atoms with Crippen LogP contribution < -0.4 is 0 Å². The fourth-order valence-corrected chi connectivity index (χ4v) is 3.27. The van der Waals surface area contributed by atoms with E-state index in [1.54, 1.807) is 0 Å². The second-order valence-corrected chi connectivity index (χ2v) is 11.1. The van der Waals surface area contributed by atoms with Gasteiger partial charge in [0.1, 0.15) is 0 Å². The van der Waals surface area contributed by atoms with E-state index in [0.29, 0.717) is 6.42 Å². The van der Waals surface area contributed by atoms with Crippen molar-refractivity contribution in [3.8, 4) is 0 Å². The van der Waals surface area contributed by atoms with Gasteiger partial charge in [-0.25, -0.2) is 0 Å².